The largest absolute Gasteiger partial charge is 0.409 e. The monoisotopic (exact) mass is 285 g/mol. The van der Waals surface area contributed by atoms with Crippen LogP contribution in [0.25, 0.3) is 0 Å². The zero-order valence-electron chi connectivity index (χ0n) is 12.9. The van der Waals surface area contributed by atoms with Gasteiger partial charge in [0.2, 0.25) is 0 Å². The Morgan fingerprint density at radius 1 is 1.30 bits per heavy atom. The standard InChI is InChI=1S/C15H31N3O2/c1-15(2,14(16)18-20)8-5-9-17-10-12-6-3-4-7-13(12)11-19/h12-13,17,19-20H,3-11H2,1-2H3,(H2,16,18). The Morgan fingerprint density at radius 3 is 2.55 bits per heavy atom. The van der Waals surface area contributed by atoms with Crippen LogP contribution < -0.4 is 11.1 Å². The first-order valence-electron chi connectivity index (χ1n) is 7.81. The maximum atomic E-state index is 9.38. The lowest BCUT2D eigenvalue weighted by Crippen LogP contribution is -2.34. The molecule has 1 aliphatic rings. The highest BCUT2D eigenvalue weighted by molar-refractivity contribution is 5.85. The predicted octanol–water partition coefficient (Wildman–Crippen LogP) is 1.93. The lowest BCUT2D eigenvalue weighted by molar-refractivity contribution is 0.133. The summed E-state index contributed by atoms with van der Waals surface area (Å²) in [6, 6.07) is 0. The van der Waals surface area contributed by atoms with E-state index in [-0.39, 0.29) is 5.41 Å². The van der Waals surface area contributed by atoms with Crippen LogP contribution in [0.4, 0.5) is 0 Å². The summed E-state index contributed by atoms with van der Waals surface area (Å²) in [6.07, 6.45) is 6.84. The number of aliphatic hydroxyl groups excluding tert-OH is 1. The minimum absolute atomic E-state index is 0.255. The maximum absolute atomic E-state index is 9.38. The van der Waals surface area contributed by atoms with Crippen LogP contribution >= 0.6 is 0 Å². The molecule has 0 spiro atoms. The maximum Gasteiger partial charge on any atom is 0.144 e. The number of amidine groups is 1. The van der Waals surface area contributed by atoms with E-state index in [1.807, 2.05) is 13.8 Å². The van der Waals surface area contributed by atoms with E-state index >= 15 is 0 Å². The van der Waals surface area contributed by atoms with E-state index in [9.17, 15) is 5.11 Å². The first-order valence-corrected chi connectivity index (χ1v) is 7.81. The van der Waals surface area contributed by atoms with Gasteiger partial charge in [0.1, 0.15) is 5.84 Å². The highest BCUT2D eigenvalue weighted by Crippen LogP contribution is 2.29. The summed E-state index contributed by atoms with van der Waals surface area (Å²) < 4.78 is 0. The predicted molar refractivity (Wildman–Crippen MR) is 81.8 cm³/mol. The Morgan fingerprint density at radius 2 is 1.95 bits per heavy atom. The smallest absolute Gasteiger partial charge is 0.144 e. The molecular weight excluding hydrogens is 254 g/mol. The van der Waals surface area contributed by atoms with Crippen LogP contribution in [0.1, 0.15) is 52.4 Å². The summed E-state index contributed by atoms with van der Waals surface area (Å²) in [5.74, 6) is 1.39. The number of hydrogen-bond donors (Lipinski definition) is 4. The molecule has 20 heavy (non-hydrogen) atoms. The average Bonchev–Trinajstić information content (AvgIpc) is 2.46. The topological polar surface area (TPSA) is 90.9 Å². The van der Waals surface area contributed by atoms with Gasteiger partial charge >= 0.3 is 0 Å². The zero-order chi connectivity index (χ0) is 15.0. The lowest BCUT2D eigenvalue weighted by Gasteiger charge is -2.30. The van der Waals surface area contributed by atoms with Crippen LogP contribution in [0.5, 0.6) is 0 Å². The van der Waals surface area contributed by atoms with Crippen molar-refractivity contribution >= 4 is 5.84 Å². The number of nitrogens with zero attached hydrogens (tertiary/aromatic N) is 1. The summed E-state index contributed by atoms with van der Waals surface area (Å²) in [7, 11) is 0. The molecule has 0 aromatic heterocycles. The minimum atomic E-state index is -0.255. The molecule has 2 atom stereocenters. The van der Waals surface area contributed by atoms with Crippen LogP contribution in [0.15, 0.2) is 5.16 Å². The van der Waals surface area contributed by atoms with Gasteiger partial charge in [-0.3, -0.25) is 0 Å². The molecule has 0 aromatic rings. The summed E-state index contributed by atoms with van der Waals surface area (Å²) in [5.41, 5.74) is 5.42. The van der Waals surface area contributed by atoms with Gasteiger partial charge in [0.05, 0.1) is 0 Å². The third-order valence-electron chi connectivity index (χ3n) is 4.66. The van der Waals surface area contributed by atoms with E-state index in [4.69, 9.17) is 10.9 Å². The van der Waals surface area contributed by atoms with Crippen molar-refractivity contribution in [3.05, 3.63) is 0 Å². The van der Waals surface area contributed by atoms with Crippen molar-refractivity contribution in [1.29, 1.82) is 0 Å². The summed E-state index contributed by atoms with van der Waals surface area (Å²) in [4.78, 5) is 0. The lowest BCUT2D eigenvalue weighted by atomic mass is 9.79. The Kier molecular flexibility index (Phi) is 7.30. The molecule has 1 saturated carbocycles. The summed E-state index contributed by atoms with van der Waals surface area (Å²) in [6.45, 7) is 6.24. The molecule has 0 aliphatic heterocycles. The van der Waals surface area contributed by atoms with E-state index in [0.29, 0.717) is 24.3 Å². The highest BCUT2D eigenvalue weighted by atomic mass is 16.4. The second-order valence-corrected chi connectivity index (χ2v) is 6.66. The minimum Gasteiger partial charge on any atom is -0.409 e. The molecule has 5 heteroatoms. The molecule has 0 heterocycles. The molecule has 1 fully saturated rings. The fourth-order valence-corrected chi connectivity index (χ4v) is 3.00. The van der Waals surface area contributed by atoms with Gasteiger partial charge in [-0.2, -0.15) is 0 Å². The normalized spacial score (nSPS) is 24.9. The quantitative estimate of drug-likeness (QED) is 0.180. The first kappa shape index (κ1) is 17.2. The third kappa shape index (κ3) is 5.29. The van der Waals surface area contributed by atoms with Crippen LogP contribution in [0.3, 0.4) is 0 Å². The molecule has 0 aromatic carbocycles. The van der Waals surface area contributed by atoms with Gasteiger partial charge in [-0.25, -0.2) is 0 Å². The average molecular weight is 285 g/mol. The number of hydrogen-bond acceptors (Lipinski definition) is 4. The second-order valence-electron chi connectivity index (χ2n) is 6.66. The van der Waals surface area contributed by atoms with E-state index < -0.39 is 0 Å². The van der Waals surface area contributed by atoms with Crippen LogP contribution in [-0.2, 0) is 0 Å². The van der Waals surface area contributed by atoms with Crippen molar-refractivity contribution in [3.63, 3.8) is 0 Å². The van der Waals surface area contributed by atoms with Gasteiger partial charge in [0.15, 0.2) is 0 Å². The summed E-state index contributed by atoms with van der Waals surface area (Å²) in [5, 5.41) is 24.7. The Hall–Kier alpha value is -0.810. The second kappa shape index (κ2) is 8.47. The number of nitrogens with one attached hydrogen (secondary N) is 1. The number of nitrogens with two attached hydrogens (primary N) is 1. The fourth-order valence-electron chi connectivity index (χ4n) is 3.00. The third-order valence-corrected chi connectivity index (χ3v) is 4.66. The van der Waals surface area contributed by atoms with Crippen molar-refractivity contribution in [1.82, 2.24) is 5.32 Å². The number of aliphatic hydroxyl groups is 1. The SMILES string of the molecule is CC(C)(CCCNCC1CCCCC1CO)C(N)=NO. The molecular formula is C15H31N3O2. The van der Waals surface area contributed by atoms with E-state index in [1.54, 1.807) is 0 Å². The summed E-state index contributed by atoms with van der Waals surface area (Å²) >= 11 is 0. The zero-order valence-corrected chi connectivity index (χ0v) is 12.9. The van der Waals surface area contributed by atoms with E-state index in [2.05, 4.69) is 10.5 Å². The van der Waals surface area contributed by atoms with E-state index in [1.165, 1.54) is 25.7 Å². The van der Waals surface area contributed by atoms with Gasteiger partial charge in [-0.05, 0) is 50.6 Å². The van der Waals surface area contributed by atoms with Gasteiger partial charge in [-0.15, -0.1) is 0 Å². The Bertz CT molecular complexity index is 305. The number of rotatable bonds is 8. The molecule has 5 nitrogen and oxygen atoms in total. The van der Waals surface area contributed by atoms with Crippen molar-refractivity contribution in [2.75, 3.05) is 19.7 Å². The van der Waals surface area contributed by atoms with Crippen LogP contribution in [-0.4, -0.2) is 35.8 Å². The van der Waals surface area contributed by atoms with Crippen molar-refractivity contribution in [3.8, 4) is 0 Å². The molecule has 0 radical (unpaired) electrons. The fraction of sp³-hybridized carbons (Fsp3) is 0.933. The van der Waals surface area contributed by atoms with Crippen molar-refractivity contribution < 1.29 is 10.3 Å². The molecule has 0 saturated heterocycles. The van der Waals surface area contributed by atoms with Gasteiger partial charge in [0.25, 0.3) is 0 Å². The number of oxime groups is 1. The van der Waals surface area contributed by atoms with Gasteiger partial charge < -0.3 is 21.4 Å². The molecule has 5 N–H and O–H groups in total. The molecule has 1 aliphatic carbocycles. The molecule has 118 valence electrons. The molecule has 2 unspecified atom stereocenters. The first-order chi connectivity index (χ1) is 9.51. The molecule has 1 rings (SSSR count). The Labute approximate surface area is 122 Å². The van der Waals surface area contributed by atoms with Gasteiger partial charge in [-0.1, -0.05) is 31.8 Å². The Balaban J connectivity index is 2.18. The van der Waals surface area contributed by atoms with E-state index in [0.717, 1.165) is 25.9 Å². The highest BCUT2D eigenvalue weighted by Gasteiger charge is 2.25. The van der Waals surface area contributed by atoms with Crippen LogP contribution in [0, 0.1) is 17.3 Å². The van der Waals surface area contributed by atoms with Crippen molar-refractivity contribution in [2.45, 2.75) is 52.4 Å². The molecule has 0 bridgehead atoms. The van der Waals surface area contributed by atoms with Crippen molar-refractivity contribution in [2.24, 2.45) is 28.1 Å². The van der Waals surface area contributed by atoms with Gasteiger partial charge in [0, 0.05) is 12.0 Å². The molecule has 0 amide bonds. The van der Waals surface area contributed by atoms with Crippen LogP contribution in [0.2, 0.25) is 0 Å².